The molecule has 1 aromatic carbocycles. The zero-order valence-corrected chi connectivity index (χ0v) is 14.7. The maximum Gasteiger partial charge on any atom is 0.194 e. The number of pyridine rings is 1. The first kappa shape index (κ1) is 17.4. The summed E-state index contributed by atoms with van der Waals surface area (Å²) in [6, 6.07) is 16.1. The second kappa shape index (κ2) is 9.33. The van der Waals surface area contributed by atoms with Crippen LogP contribution in [-0.2, 0) is 13.1 Å². The largest absolute Gasteiger partial charge is 0.351 e. The van der Waals surface area contributed by atoms with Crippen LogP contribution in [0, 0.1) is 0 Å². The number of benzene rings is 1. The molecule has 0 fully saturated rings. The average Bonchev–Trinajstić information content (AvgIpc) is 2.49. The van der Waals surface area contributed by atoms with Gasteiger partial charge in [-0.05, 0) is 17.7 Å². The number of hydrogen-bond donors (Lipinski definition) is 1. The fourth-order valence-corrected chi connectivity index (χ4v) is 1.78. The van der Waals surface area contributed by atoms with Crippen molar-refractivity contribution in [3.63, 3.8) is 0 Å². The summed E-state index contributed by atoms with van der Waals surface area (Å²) in [4.78, 5) is 10.9. The molecule has 4 nitrogen and oxygen atoms in total. The lowest BCUT2D eigenvalue weighted by atomic mass is 10.2. The van der Waals surface area contributed by atoms with Crippen LogP contribution in [0.1, 0.15) is 11.3 Å². The molecule has 0 saturated carbocycles. The van der Waals surface area contributed by atoms with Gasteiger partial charge in [-0.3, -0.25) is 4.98 Å². The van der Waals surface area contributed by atoms with Crippen LogP contribution < -0.4 is 5.32 Å². The van der Waals surface area contributed by atoms with E-state index in [-0.39, 0.29) is 24.0 Å². The molecule has 0 amide bonds. The number of hydrogen-bond acceptors (Lipinski definition) is 2. The molecule has 1 aromatic heterocycles. The van der Waals surface area contributed by atoms with E-state index in [0.717, 1.165) is 11.7 Å². The third kappa shape index (κ3) is 6.12. The van der Waals surface area contributed by atoms with Crippen molar-refractivity contribution in [3.8, 4) is 0 Å². The van der Waals surface area contributed by atoms with Crippen molar-refractivity contribution in [1.82, 2.24) is 15.2 Å². The Labute approximate surface area is 143 Å². The van der Waals surface area contributed by atoms with Gasteiger partial charge in [0.15, 0.2) is 5.96 Å². The van der Waals surface area contributed by atoms with Crippen molar-refractivity contribution in [2.75, 3.05) is 14.1 Å². The number of nitrogens with zero attached hydrogens (tertiary/aromatic N) is 3. The molecule has 21 heavy (non-hydrogen) atoms. The Morgan fingerprint density at radius 3 is 2.43 bits per heavy atom. The number of nitrogens with one attached hydrogen (secondary N) is 1. The Hall–Kier alpha value is -1.63. The van der Waals surface area contributed by atoms with Gasteiger partial charge in [0.2, 0.25) is 0 Å². The summed E-state index contributed by atoms with van der Waals surface area (Å²) in [7, 11) is 3.96. The van der Waals surface area contributed by atoms with E-state index in [1.807, 2.05) is 55.4 Å². The van der Waals surface area contributed by atoms with Gasteiger partial charge in [-0.25, -0.2) is 4.99 Å². The molecule has 5 heteroatoms. The molecule has 0 saturated heterocycles. The number of guanidine groups is 1. The van der Waals surface area contributed by atoms with Crippen LogP contribution in [0.4, 0.5) is 0 Å². The molecule has 0 radical (unpaired) electrons. The summed E-state index contributed by atoms with van der Waals surface area (Å²) in [5, 5.41) is 3.32. The molecule has 1 N–H and O–H groups in total. The quantitative estimate of drug-likeness (QED) is 0.491. The topological polar surface area (TPSA) is 40.5 Å². The number of aromatic nitrogens is 1. The monoisotopic (exact) mass is 396 g/mol. The summed E-state index contributed by atoms with van der Waals surface area (Å²) in [6.07, 6.45) is 1.80. The van der Waals surface area contributed by atoms with Crippen LogP contribution >= 0.6 is 24.0 Å². The third-order valence-corrected chi connectivity index (χ3v) is 2.83. The smallest absolute Gasteiger partial charge is 0.194 e. The number of halogens is 1. The Bertz CT molecular complexity index is 541. The summed E-state index contributed by atoms with van der Waals surface area (Å²) in [5.74, 6) is 0.861. The van der Waals surface area contributed by atoms with Crippen LogP contribution in [-0.4, -0.2) is 29.9 Å². The lowest BCUT2D eigenvalue weighted by Crippen LogP contribution is -2.36. The minimum atomic E-state index is 0. The van der Waals surface area contributed by atoms with Crippen LogP contribution in [0.5, 0.6) is 0 Å². The molecule has 0 aliphatic carbocycles. The van der Waals surface area contributed by atoms with Crippen molar-refractivity contribution in [2.45, 2.75) is 13.1 Å². The molecule has 0 bridgehead atoms. The first-order chi connectivity index (χ1) is 9.75. The van der Waals surface area contributed by atoms with Gasteiger partial charge in [0.1, 0.15) is 0 Å². The molecular weight excluding hydrogens is 375 g/mol. The summed E-state index contributed by atoms with van der Waals surface area (Å²) < 4.78 is 0. The molecule has 2 rings (SSSR count). The molecule has 112 valence electrons. The predicted octanol–water partition coefficient (Wildman–Crippen LogP) is 2.91. The highest BCUT2D eigenvalue weighted by atomic mass is 127. The van der Waals surface area contributed by atoms with Gasteiger partial charge in [-0.1, -0.05) is 36.4 Å². The van der Waals surface area contributed by atoms with E-state index in [1.54, 1.807) is 6.20 Å². The lowest BCUT2D eigenvalue weighted by Gasteiger charge is -2.17. The number of aliphatic imine (C=N–C) groups is 1. The average molecular weight is 396 g/mol. The maximum atomic E-state index is 4.61. The maximum absolute atomic E-state index is 4.61. The van der Waals surface area contributed by atoms with Crippen molar-refractivity contribution >= 4 is 29.9 Å². The van der Waals surface area contributed by atoms with Crippen LogP contribution in [0.15, 0.2) is 59.7 Å². The second-order valence-corrected chi connectivity index (χ2v) is 4.69. The van der Waals surface area contributed by atoms with E-state index < -0.39 is 0 Å². The molecule has 1 heterocycles. The van der Waals surface area contributed by atoms with Gasteiger partial charge in [0, 0.05) is 20.3 Å². The van der Waals surface area contributed by atoms with E-state index in [4.69, 9.17) is 0 Å². The first-order valence-electron chi connectivity index (χ1n) is 6.65. The zero-order chi connectivity index (χ0) is 14.2. The fourth-order valence-electron chi connectivity index (χ4n) is 1.78. The van der Waals surface area contributed by atoms with Crippen molar-refractivity contribution in [3.05, 3.63) is 66.0 Å². The Kier molecular flexibility index (Phi) is 7.74. The van der Waals surface area contributed by atoms with Gasteiger partial charge in [-0.15, -0.1) is 24.0 Å². The van der Waals surface area contributed by atoms with E-state index >= 15 is 0 Å². The molecule has 0 spiro atoms. The van der Waals surface area contributed by atoms with E-state index in [1.165, 1.54) is 5.56 Å². The standard InChI is InChI=1S/C16H20N4.HI/c1-20(2)16(18-12-14-8-4-3-5-9-14)19-13-15-10-6-7-11-17-15;/h3-11H,12-13H2,1-2H3,(H,18,19);1H. The zero-order valence-electron chi connectivity index (χ0n) is 12.4. The normalized spacial score (nSPS) is 10.7. The highest BCUT2D eigenvalue weighted by molar-refractivity contribution is 14.0. The Morgan fingerprint density at radius 1 is 1.10 bits per heavy atom. The van der Waals surface area contributed by atoms with Crippen LogP contribution in [0.2, 0.25) is 0 Å². The van der Waals surface area contributed by atoms with Crippen LogP contribution in [0.25, 0.3) is 0 Å². The van der Waals surface area contributed by atoms with Gasteiger partial charge in [-0.2, -0.15) is 0 Å². The van der Waals surface area contributed by atoms with Crippen molar-refractivity contribution in [1.29, 1.82) is 0 Å². The third-order valence-electron chi connectivity index (χ3n) is 2.83. The second-order valence-electron chi connectivity index (χ2n) is 4.69. The molecule has 0 aliphatic heterocycles. The summed E-state index contributed by atoms with van der Waals surface area (Å²) >= 11 is 0. The minimum absolute atomic E-state index is 0. The molecule has 0 aliphatic rings. The van der Waals surface area contributed by atoms with E-state index in [2.05, 4.69) is 27.4 Å². The molecule has 0 unspecified atom stereocenters. The van der Waals surface area contributed by atoms with Crippen molar-refractivity contribution in [2.24, 2.45) is 4.99 Å². The molecule has 2 aromatic rings. The Morgan fingerprint density at radius 2 is 1.81 bits per heavy atom. The predicted molar refractivity (Wildman–Crippen MR) is 97.8 cm³/mol. The highest BCUT2D eigenvalue weighted by Gasteiger charge is 2.02. The fraction of sp³-hybridized carbons (Fsp3) is 0.250. The summed E-state index contributed by atoms with van der Waals surface area (Å²) in [6.45, 7) is 1.34. The van der Waals surface area contributed by atoms with Crippen LogP contribution in [0.3, 0.4) is 0 Å². The minimum Gasteiger partial charge on any atom is -0.351 e. The van der Waals surface area contributed by atoms with Crippen molar-refractivity contribution < 1.29 is 0 Å². The molecular formula is C16H21IN4. The SMILES string of the molecule is CN(C)C(=NCc1ccccc1)NCc1ccccn1.I. The van der Waals surface area contributed by atoms with Gasteiger partial charge in [0.05, 0.1) is 18.8 Å². The van der Waals surface area contributed by atoms with Gasteiger partial charge < -0.3 is 10.2 Å². The highest BCUT2D eigenvalue weighted by Crippen LogP contribution is 2.01. The van der Waals surface area contributed by atoms with E-state index in [0.29, 0.717) is 13.1 Å². The first-order valence-corrected chi connectivity index (χ1v) is 6.65. The Balaban J connectivity index is 0.00000220. The molecule has 0 atom stereocenters. The lowest BCUT2D eigenvalue weighted by molar-refractivity contribution is 0.577. The van der Waals surface area contributed by atoms with Gasteiger partial charge >= 0.3 is 0 Å². The summed E-state index contributed by atoms with van der Waals surface area (Å²) in [5.41, 5.74) is 2.20. The number of rotatable bonds is 4. The van der Waals surface area contributed by atoms with E-state index in [9.17, 15) is 0 Å². The van der Waals surface area contributed by atoms with Gasteiger partial charge in [0.25, 0.3) is 0 Å².